The van der Waals surface area contributed by atoms with E-state index in [-0.39, 0.29) is 43.5 Å². The summed E-state index contributed by atoms with van der Waals surface area (Å²) >= 11 is 4.23. The highest BCUT2D eigenvalue weighted by Crippen LogP contribution is 2.09. The maximum absolute atomic E-state index is 13.2. The SMILES string of the molecule is C/C=C/c1cccc(CCNC(=O)[C@H](CS)NC(=O)[C@H](CC(C)C)NC(=O)[C@H](CCC(=O)O)NC(=O)OCC(C)C)c1. The molecule has 4 amide bonds. The van der Waals surface area contributed by atoms with Gasteiger partial charge in [0.2, 0.25) is 17.7 Å². The summed E-state index contributed by atoms with van der Waals surface area (Å²) in [7, 11) is 0. The van der Waals surface area contributed by atoms with Crippen molar-refractivity contribution in [1.82, 2.24) is 21.3 Å². The van der Waals surface area contributed by atoms with Crippen molar-refractivity contribution in [3.8, 4) is 0 Å². The number of hydrogen-bond acceptors (Lipinski definition) is 7. The number of carbonyl (C=O) groups is 5. The molecule has 1 rings (SSSR count). The number of carboxylic acids is 1. The highest BCUT2D eigenvalue weighted by molar-refractivity contribution is 7.80. The number of alkyl carbamates (subject to hydrolysis) is 1. The van der Waals surface area contributed by atoms with Gasteiger partial charge >= 0.3 is 12.1 Å². The minimum atomic E-state index is -1.24. The second-order valence-electron chi connectivity index (χ2n) is 10.8. The molecule has 1 aromatic rings. The Hall–Kier alpha value is -3.54. The summed E-state index contributed by atoms with van der Waals surface area (Å²) in [5.74, 6) is -2.80. The number of nitrogens with one attached hydrogen (secondary N) is 4. The van der Waals surface area contributed by atoms with Crippen LogP contribution in [0, 0.1) is 11.8 Å². The van der Waals surface area contributed by atoms with E-state index in [4.69, 9.17) is 9.84 Å². The fourth-order valence-corrected chi connectivity index (χ4v) is 4.16. The molecule has 0 aromatic heterocycles. The van der Waals surface area contributed by atoms with Gasteiger partial charge in [-0.1, -0.05) is 64.1 Å². The molecule has 12 heteroatoms. The molecule has 234 valence electrons. The van der Waals surface area contributed by atoms with Crippen molar-refractivity contribution in [2.24, 2.45) is 11.8 Å². The molecular formula is C30H46N4O7S. The molecule has 0 saturated carbocycles. The molecular weight excluding hydrogens is 560 g/mol. The molecule has 0 heterocycles. The smallest absolute Gasteiger partial charge is 0.407 e. The standard InChI is InChI=1S/C30H46N4O7S/c1-6-8-21-9-7-10-22(16-21)13-14-31-27(37)25(18-42)33-29(39)24(15-19(2)3)32-28(38)23(11-12-26(35)36)34-30(40)41-17-20(4)5/h6-10,16,19-20,23-25,42H,11-15,17-18H2,1-5H3,(H,31,37)(H,32,38)(H,33,39)(H,34,40)(H,35,36)/b8-6+/t23-,24-,25-/m0/s1. The molecule has 1 aromatic carbocycles. The average Bonchev–Trinajstić information content (AvgIpc) is 2.92. The number of allylic oxidation sites excluding steroid dienone is 1. The van der Waals surface area contributed by atoms with Gasteiger partial charge in [-0.25, -0.2) is 4.79 Å². The summed E-state index contributed by atoms with van der Waals surface area (Å²) in [5, 5.41) is 19.6. The van der Waals surface area contributed by atoms with Gasteiger partial charge in [-0.05, 0) is 49.1 Å². The number of carbonyl (C=O) groups excluding carboxylic acids is 4. The topological polar surface area (TPSA) is 163 Å². The van der Waals surface area contributed by atoms with Crippen molar-refractivity contribution in [3.63, 3.8) is 0 Å². The van der Waals surface area contributed by atoms with Gasteiger partial charge in [0.15, 0.2) is 0 Å². The van der Waals surface area contributed by atoms with Gasteiger partial charge in [-0.2, -0.15) is 12.6 Å². The molecule has 0 radical (unpaired) electrons. The Morgan fingerprint density at radius 2 is 1.60 bits per heavy atom. The van der Waals surface area contributed by atoms with Gasteiger partial charge in [0.1, 0.15) is 18.1 Å². The quantitative estimate of drug-likeness (QED) is 0.140. The van der Waals surface area contributed by atoms with E-state index in [2.05, 4.69) is 33.9 Å². The zero-order chi connectivity index (χ0) is 31.7. The molecule has 3 atom stereocenters. The van der Waals surface area contributed by atoms with E-state index in [1.165, 1.54) is 0 Å². The summed E-state index contributed by atoms with van der Waals surface area (Å²) in [6.45, 7) is 9.84. The average molecular weight is 607 g/mol. The van der Waals surface area contributed by atoms with Crippen LogP contribution in [0.5, 0.6) is 0 Å². The molecule has 0 bridgehead atoms. The van der Waals surface area contributed by atoms with Crippen LogP contribution in [0.4, 0.5) is 4.79 Å². The van der Waals surface area contributed by atoms with E-state index in [9.17, 15) is 24.0 Å². The zero-order valence-corrected chi connectivity index (χ0v) is 26.0. The van der Waals surface area contributed by atoms with Crippen LogP contribution < -0.4 is 21.3 Å². The van der Waals surface area contributed by atoms with Crippen LogP contribution in [0.3, 0.4) is 0 Å². The second-order valence-corrected chi connectivity index (χ2v) is 11.2. The molecule has 0 aliphatic rings. The minimum Gasteiger partial charge on any atom is -0.481 e. The van der Waals surface area contributed by atoms with Gasteiger partial charge < -0.3 is 31.1 Å². The first kappa shape index (κ1) is 36.5. The first-order valence-electron chi connectivity index (χ1n) is 14.2. The van der Waals surface area contributed by atoms with Crippen LogP contribution in [-0.4, -0.2) is 71.9 Å². The maximum Gasteiger partial charge on any atom is 0.407 e. The van der Waals surface area contributed by atoms with Crippen LogP contribution in [0.1, 0.15) is 65.0 Å². The van der Waals surface area contributed by atoms with E-state index < -0.39 is 47.9 Å². The number of thiol groups is 1. The Kier molecular flexibility index (Phi) is 17.0. The monoisotopic (exact) mass is 606 g/mol. The minimum absolute atomic E-state index is 0.0101. The molecule has 0 unspecified atom stereocenters. The summed E-state index contributed by atoms with van der Waals surface area (Å²) in [5.41, 5.74) is 2.11. The normalized spacial score (nSPS) is 13.3. The van der Waals surface area contributed by atoms with Crippen molar-refractivity contribution in [1.29, 1.82) is 0 Å². The van der Waals surface area contributed by atoms with Gasteiger partial charge in [0.05, 0.1) is 6.61 Å². The van der Waals surface area contributed by atoms with Crippen molar-refractivity contribution >= 4 is 48.5 Å². The molecule has 0 aliphatic heterocycles. The third-order valence-electron chi connectivity index (χ3n) is 5.98. The fourth-order valence-electron chi connectivity index (χ4n) is 3.90. The van der Waals surface area contributed by atoms with E-state index >= 15 is 0 Å². The largest absolute Gasteiger partial charge is 0.481 e. The second kappa shape index (κ2) is 19.6. The number of amides is 4. The van der Waals surface area contributed by atoms with Crippen LogP contribution in [-0.2, 0) is 30.3 Å². The zero-order valence-electron chi connectivity index (χ0n) is 25.1. The van der Waals surface area contributed by atoms with Gasteiger partial charge in [0.25, 0.3) is 0 Å². The van der Waals surface area contributed by atoms with Crippen LogP contribution in [0.2, 0.25) is 0 Å². The molecule has 0 aliphatic carbocycles. The first-order chi connectivity index (χ1) is 19.9. The Morgan fingerprint density at radius 1 is 0.929 bits per heavy atom. The van der Waals surface area contributed by atoms with Crippen molar-refractivity contribution in [2.75, 3.05) is 18.9 Å². The summed E-state index contributed by atoms with van der Waals surface area (Å²) in [4.78, 5) is 62.5. The number of aliphatic carboxylic acids is 1. The first-order valence-corrected chi connectivity index (χ1v) is 14.8. The van der Waals surface area contributed by atoms with Crippen molar-refractivity contribution < 1.29 is 33.8 Å². The lowest BCUT2D eigenvalue weighted by molar-refractivity contribution is -0.137. The van der Waals surface area contributed by atoms with Crippen LogP contribution in [0.15, 0.2) is 30.3 Å². The Balaban J connectivity index is 2.86. The lowest BCUT2D eigenvalue weighted by atomic mass is 10.0. The third-order valence-corrected chi connectivity index (χ3v) is 6.35. The lowest BCUT2D eigenvalue weighted by Gasteiger charge is -2.25. The fraction of sp³-hybridized carbons (Fsp3) is 0.567. The predicted octanol–water partition coefficient (Wildman–Crippen LogP) is 2.94. The van der Waals surface area contributed by atoms with E-state index in [0.717, 1.165) is 11.1 Å². The summed E-state index contributed by atoms with van der Waals surface area (Å²) in [6, 6.07) is 4.71. The predicted molar refractivity (Wildman–Crippen MR) is 165 cm³/mol. The van der Waals surface area contributed by atoms with Crippen molar-refractivity contribution in [3.05, 3.63) is 41.5 Å². The van der Waals surface area contributed by atoms with E-state index in [0.29, 0.717) is 13.0 Å². The number of hydrogen-bond donors (Lipinski definition) is 6. The summed E-state index contributed by atoms with van der Waals surface area (Å²) < 4.78 is 5.07. The lowest BCUT2D eigenvalue weighted by Crippen LogP contribution is -2.57. The molecule has 0 saturated heterocycles. The summed E-state index contributed by atoms with van der Waals surface area (Å²) in [6.07, 6.45) is 3.33. The third kappa shape index (κ3) is 14.9. The van der Waals surface area contributed by atoms with Crippen molar-refractivity contribution in [2.45, 2.75) is 78.4 Å². The van der Waals surface area contributed by atoms with Gasteiger partial charge in [-0.3, -0.25) is 19.2 Å². The van der Waals surface area contributed by atoms with Gasteiger partial charge in [-0.15, -0.1) is 0 Å². The Labute approximate surface area is 254 Å². The number of rotatable bonds is 18. The Bertz CT molecular complexity index is 1080. The van der Waals surface area contributed by atoms with Crippen LogP contribution >= 0.6 is 12.6 Å². The van der Waals surface area contributed by atoms with E-state index in [1.54, 1.807) is 0 Å². The number of carboxylic acid groups (broad SMARTS) is 1. The van der Waals surface area contributed by atoms with E-state index in [1.807, 2.05) is 71.0 Å². The molecule has 0 spiro atoms. The van der Waals surface area contributed by atoms with Crippen LogP contribution in [0.25, 0.3) is 6.08 Å². The van der Waals surface area contributed by atoms with Gasteiger partial charge in [0, 0.05) is 18.7 Å². The highest BCUT2D eigenvalue weighted by atomic mass is 32.1. The molecule has 5 N–H and O–H groups in total. The molecule has 42 heavy (non-hydrogen) atoms. The number of ether oxygens (including phenoxy) is 1. The molecule has 0 fully saturated rings. The molecule has 11 nitrogen and oxygen atoms in total. The maximum atomic E-state index is 13.2. The Morgan fingerprint density at radius 3 is 2.19 bits per heavy atom. The highest BCUT2D eigenvalue weighted by Gasteiger charge is 2.30. The number of benzene rings is 1.